The molecular formula is C24H27N5O2. The molecule has 0 fully saturated rings. The zero-order chi connectivity index (χ0) is 22.5. The Morgan fingerprint density at radius 1 is 0.871 bits per heavy atom. The quantitative estimate of drug-likeness (QED) is 0.428. The number of nitrogen functional groups attached to an aromatic ring is 1. The highest BCUT2D eigenvalue weighted by atomic mass is 16.4. The molecule has 4 N–H and O–H groups in total. The van der Waals surface area contributed by atoms with E-state index in [1.165, 1.54) is 5.69 Å². The highest BCUT2D eigenvalue weighted by Gasteiger charge is 2.09. The van der Waals surface area contributed by atoms with Gasteiger partial charge in [-0.15, -0.1) is 0 Å². The Labute approximate surface area is 181 Å². The third-order valence-corrected chi connectivity index (χ3v) is 4.80. The second-order valence-corrected chi connectivity index (χ2v) is 7.55. The van der Waals surface area contributed by atoms with Gasteiger partial charge in [0.2, 0.25) is 0 Å². The molecule has 0 aliphatic carbocycles. The van der Waals surface area contributed by atoms with Gasteiger partial charge in [-0.1, -0.05) is 0 Å². The number of aromatic carboxylic acids is 1. The number of fused-ring (bicyclic) bond motifs is 1. The summed E-state index contributed by atoms with van der Waals surface area (Å²) in [5.74, 6) is -0.207. The second kappa shape index (κ2) is 9.21. The van der Waals surface area contributed by atoms with Gasteiger partial charge in [-0.05, 0) is 66.7 Å². The number of anilines is 3. The number of hydrogen-bond acceptors (Lipinski definition) is 5. The van der Waals surface area contributed by atoms with Crippen LogP contribution in [-0.2, 0) is 0 Å². The van der Waals surface area contributed by atoms with Crippen molar-refractivity contribution in [2.75, 3.05) is 43.7 Å². The predicted molar refractivity (Wildman–Crippen MR) is 128 cm³/mol. The lowest BCUT2D eigenvalue weighted by Gasteiger charge is -2.11. The van der Waals surface area contributed by atoms with E-state index < -0.39 is 5.97 Å². The number of benzene rings is 3. The Morgan fingerprint density at radius 3 is 1.94 bits per heavy atom. The Hall–Kier alpha value is -4.00. The minimum atomic E-state index is -0.941. The van der Waals surface area contributed by atoms with Gasteiger partial charge in [-0.25, -0.2) is 9.78 Å². The molecule has 160 valence electrons. The van der Waals surface area contributed by atoms with Gasteiger partial charge in [0.25, 0.3) is 0 Å². The lowest BCUT2D eigenvalue weighted by Crippen LogP contribution is -2.08. The number of nitrogens with one attached hydrogen (secondary N) is 1. The summed E-state index contributed by atoms with van der Waals surface area (Å²) in [5.41, 5.74) is 11.3. The van der Waals surface area contributed by atoms with E-state index in [-0.39, 0.29) is 5.56 Å². The minimum Gasteiger partial charge on any atom is -0.478 e. The number of nitrogens with zero attached hydrogens (tertiary/aromatic N) is 3. The van der Waals surface area contributed by atoms with Crippen molar-refractivity contribution in [3.05, 3.63) is 72.3 Å². The predicted octanol–water partition coefficient (Wildman–Crippen LogP) is 4.33. The first-order chi connectivity index (χ1) is 14.7. The molecule has 0 saturated heterocycles. The summed E-state index contributed by atoms with van der Waals surface area (Å²) in [6.07, 6.45) is 0. The molecule has 7 nitrogen and oxygen atoms in total. The zero-order valence-corrected chi connectivity index (χ0v) is 18.1. The number of H-pyrrole nitrogens is 1. The molecule has 0 aliphatic heterocycles. The summed E-state index contributed by atoms with van der Waals surface area (Å²) in [4.78, 5) is 22.7. The van der Waals surface area contributed by atoms with Crippen LogP contribution in [0.5, 0.6) is 0 Å². The van der Waals surface area contributed by atoms with Crippen molar-refractivity contribution in [1.29, 1.82) is 0 Å². The Bertz CT molecular complexity index is 1160. The smallest absolute Gasteiger partial charge is 0.335 e. The van der Waals surface area contributed by atoms with Gasteiger partial charge in [0.1, 0.15) is 5.82 Å². The summed E-state index contributed by atoms with van der Waals surface area (Å²) in [7, 11) is 7.99. The molecule has 31 heavy (non-hydrogen) atoms. The van der Waals surface area contributed by atoms with E-state index in [1.807, 2.05) is 86.5 Å². The van der Waals surface area contributed by atoms with Crippen LogP contribution in [-0.4, -0.2) is 49.2 Å². The van der Waals surface area contributed by atoms with Crippen molar-refractivity contribution >= 4 is 34.1 Å². The van der Waals surface area contributed by atoms with E-state index in [4.69, 9.17) is 10.8 Å². The van der Waals surface area contributed by atoms with Crippen molar-refractivity contribution in [3.8, 4) is 11.4 Å². The van der Waals surface area contributed by atoms with Gasteiger partial charge < -0.3 is 25.6 Å². The van der Waals surface area contributed by atoms with Gasteiger partial charge in [0, 0.05) is 50.8 Å². The summed E-state index contributed by atoms with van der Waals surface area (Å²) in [5, 5.41) is 9.01. The van der Waals surface area contributed by atoms with Gasteiger partial charge in [-0.3, -0.25) is 0 Å². The average molecular weight is 418 g/mol. The lowest BCUT2D eigenvalue weighted by molar-refractivity contribution is 0.0697. The van der Waals surface area contributed by atoms with E-state index in [9.17, 15) is 4.79 Å². The van der Waals surface area contributed by atoms with Crippen molar-refractivity contribution in [2.45, 2.75) is 0 Å². The fraction of sp³-hybridized carbons (Fsp3) is 0.167. The standard InChI is InChI=1S/C16H15N3O2.C8H12N2/c1-19(2)12-6-3-10(4-7-12)15-17-13-8-5-11(16(20)21)9-14(13)18-15;1-10(2)8-5-3-7(9)4-6-8/h3-9H,1-2H3,(H,17,18)(H,20,21);3-6H,9H2,1-2H3. The lowest BCUT2D eigenvalue weighted by atomic mass is 10.2. The van der Waals surface area contributed by atoms with E-state index >= 15 is 0 Å². The fourth-order valence-electron chi connectivity index (χ4n) is 2.97. The number of aromatic amines is 1. The highest BCUT2D eigenvalue weighted by molar-refractivity contribution is 5.93. The van der Waals surface area contributed by atoms with Crippen LogP contribution in [0.3, 0.4) is 0 Å². The van der Waals surface area contributed by atoms with Crippen molar-refractivity contribution in [2.24, 2.45) is 0 Å². The Kier molecular flexibility index (Phi) is 6.45. The largest absolute Gasteiger partial charge is 0.478 e. The molecule has 0 spiro atoms. The van der Waals surface area contributed by atoms with E-state index in [2.05, 4.69) is 9.97 Å². The minimum absolute atomic E-state index is 0.251. The number of imidazole rings is 1. The third kappa shape index (κ3) is 5.33. The van der Waals surface area contributed by atoms with Crippen LogP contribution in [0.15, 0.2) is 66.7 Å². The fourth-order valence-corrected chi connectivity index (χ4v) is 2.97. The second-order valence-electron chi connectivity index (χ2n) is 7.55. The topological polar surface area (TPSA) is 98.5 Å². The molecule has 7 heteroatoms. The van der Waals surface area contributed by atoms with Crippen LogP contribution < -0.4 is 15.5 Å². The molecule has 0 unspecified atom stereocenters. The van der Waals surface area contributed by atoms with Crippen LogP contribution in [0, 0.1) is 0 Å². The molecule has 0 bridgehead atoms. The maximum absolute atomic E-state index is 11.0. The normalized spacial score (nSPS) is 10.3. The molecule has 0 saturated carbocycles. The highest BCUT2D eigenvalue weighted by Crippen LogP contribution is 2.23. The van der Waals surface area contributed by atoms with Crippen LogP contribution >= 0.6 is 0 Å². The van der Waals surface area contributed by atoms with E-state index in [0.29, 0.717) is 0 Å². The van der Waals surface area contributed by atoms with Crippen LogP contribution in [0.4, 0.5) is 17.1 Å². The third-order valence-electron chi connectivity index (χ3n) is 4.80. The van der Waals surface area contributed by atoms with Gasteiger partial charge >= 0.3 is 5.97 Å². The molecule has 0 aliphatic rings. The van der Waals surface area contributed by atoms with E-state index in [1.54, 1.807) is 18.2 Å². The molecular weight excluding hydrogens is 390 g/mol. The van der Waals surface area contributed by atoms with Crippen molar-refractivity contribution in [1.82, 2.24) is 9.97 Å². The number of carbonyl (C=O) groups is 1. The Balaban J connectivity index is 0.000000229. The molecule has 4 rings (SSSR count). The van der Waals surface area contributed by atoms with Crippen LogP contribution in [0.2, 0.25) is 0 Å². The number of carboxylic acid groups (broad SMARTS) is 1. The summed E-state index contributed by atoms with van der Waals surface area (Å²) < 4.78 is 0. The van der Waals surface area contributed by atoms with E-state index in [0.717, 1.165) is 33.8 Å². The SMILES string of the molecule is CN(C)c1ccc(-c2nc3ccc(C(=O)O)cc3[nH]2)cc1.CN(C)c1ccc(N)cc1. The first kappa shape index (κ1) is 21.7. The summed E-state index contributed by atoms with van der Waals surface area (Å²) >= 11 is 0. The number of nitrogens with two attached hydrogens (primary N) is 1. The molecule has 3 aromatic carbocycles. The van der Waals surface area contributed by atoms with Crippen molar-refractivity contribution < 1.29 is 9.90 Å². The molecule has 0 atom stereocenters. The molecule has 0 amide bonds. The molecule has 1 heterocycles. The summed E-state index contributed by atoms with van der Waals surface area (Å²) in [6, 6.07) is 20.7. The van der Waals surface area contributed by atoms with Gasteiger partial charge in [-0.2, -0.15) is 0 Å². The average Bonchev–Trinajstić information content (AvgIpc) is 3.18. The summed E-state index contributed by atoms with van der Waals surface area (Å²) in [6.45, 7) is 0. The molecule has 0 radical (unpaired) electrons. The number of carboxylic acids is 1. The first-order valence-corrected chi connectivity index (χ1v) is 9.78. The number of rotatable bonds is 4. The van der Waals surface area contributed by atoms with Crippen LogP contribution in [0.25, 0.3) is 22.4 Å². The maximum Gasteiger partial charge on any atom is 0.335 e. The Morgan fingerprint density at radius 2 is 1.42 bits per heavy atom. The van der Waals surface area contributed by atoms with Gasteiger partial charge in [0.15, 0.2) is 0 Å². The maximum atomic E-state index is 11.0. The van der Waals surface area contributed by atoms with Crippen LogP contribution in [0.1, 0.15) is 10.4 Å². The zero-order valence-electron chi connectivity index (χ0n) is 18.1. The molecule has 4 aromatic rings. The van der Waals surface area contributed by atoms with Crippen molar-refractivity contribution in [3.63, 3.8) is 0 Å². The monoisotopic (exact) mass is 417 g/mol. The first-order valence-electron chi connectivity index (χ1n) is 9.78. The number of aromatic nitrogens is 2. The van der Waals surface area contributed by atoms with Gasteiger partial charge in [0.05, 0.1) is 16.6 Å². The molecule has 1 aromatic heterocycles. The number of hydrogen-bond donors (Lipinski definition) is 3.